The second-order valence-corrected chi connectivity index (χ2v) is 4.70. The van der Waals surface area contributed by atoms with Crippen LogP contribution < -0.4 is 11.1 Å². The van der Waals surface area contributed by atoms with Gasteiger partial charge in [0.05, 0.1) is 21.3 Å². The van der Waals surface area contributed by atoms with Gasteiger partial charge in [0, 0.05) is 0 Å². The van der Waals surface area contributed by atoms with Crippen molar-refractivity contribution in [1.29, 1.82) is 0 Å². The maximum atomic E-state index is 12.0. The van der Waals surface area contributed by atoms with E-state index in [0.29, 0.717) is 5.69 Å². The molecule has 0 radical (unpaired) electrons. The van der Waals surface area contributed by atoms with Crippen molar-refractivity contribution in [3.8, 4) is 0 Å². The lowest BCUT2D eigenvalue weighted by molar-refractivity contribution is 0.0977. The Balaban J connectivity index is 2.18. The van der Waals surface area contributed by atoms with Crippen LogP contribution in [0.4, 0.5) is 5.69 Å². The standard InChI is InChI=1S/C14H11Cl2N3O/c15-10-7-4-8-11(16)12(10)13(20)19-14(17)18-9-5-2-1-3-6-9/h1-8H,(H3,17,18,19,20). The van der Waals surface area contributed by atoms with Gasteiger partial charge >= 0.3 is 0 Å². The number of hydrogen-bond donors (Lipinski definition) is 2. The topological polar surface area (TPSA) is 67.5 Å². The second kappa shape index (κ2) is 6.41. The van der Waals surface area contributed by atoms with E-state index in [-0.39, 0.29) is 21.6 Å². The average Bonchev–Trinajstić information content (AvgIpc) is 2.39. The summed E-state index contributed by atoms with van der Waals surface area (Å²) in [6.45, 7) is 0. The van der Waals surface area contributed by atoms with Crippen LogP contribution in [0.5, 0.6) is 0 Å². The van der Waals surface area contributed by atoms with Gasteiger partial charge in [0.2, 0.25) is 5.96 Å². The molecular formula is C14H11Cl2N3O. The molecule has 0 heterocycles. The number of nitrogens with one attached hydrogen (secondary N) is 1. The highest BCUT2D eigenvalue weighted by Gasteiger charge is 2.15. The molecule has 0 aliphatic heterocycles. The van der Waals surface area contributed by atoms with E-state index in [1.165, 1.54) is 0 Å². The minimum absolute atomic E-state index is 0.0304. The third-order valence-electron chi connectivity index (χ3n) is 2.44. The zero-order chi connectivity index (χ0) is 14.5. The number of aliphatic imine (C=N–C) groups is 1. The summed E-state index contributed by atoms with van der Waals surface area (Å²) in [6, 6.07) is 13.8. The molecular weight excluding hydrogens is 297 g/mol. The number of para-hydroxylation sites is 1. The number of hydrogen-bond acceptors (Lipinski definition) is 2. The van der Waals surface area contributed by atoms with E-state index in [0.717, 1.165) is 0 Å². The molecule has 0 aliphatic rings. The number of nitrogens with two attached hydrogens (primary N) is 1. The fourth-order valence-corrected chi connectivity index (χ4v) is 2.13. The fourth-order valence-electron chi connectivity index (χ4n) is 1.56. The molecule has 20 heavy (non-hydrogen) atoms. The highest BCUT2D eigenvalue weighted by molar-refractivity contribution is 6.40. The van der Waals surface area contributed by atoms with Gasteiger partial charge in [-0.15, -0.1) is 0 Å². The molecule has 3 N–H and O–H groups in total. The number of halogens is 2. The summed E-state index contributed by atoms with van der Waals surface area (Å²) in [4.78, 5) is 16.1. The number of benzene rings is 2. The number of amides is 1. The average molecular weight is 308 g/mol. The van der Waals surface area contributed by atoms with Crippen molar-refractivity contribution in [3.63, 3.8) is 0 Å². The first kappa shape index (κ1) is 14.4. The summed E-state index contributed by atoms with van der Waals surface area (Å²) >= 11 is 11.9. The largest absolute Gasteiger partial charge is 0.369 e. The van der Waals surface area contributed by atoms with Crippen LogP contribution in [0, 0.1) is 0 Å². The molecule has 0 atom stereocenters. The molecule has 4 nitrogen and oxygen atoms in total. The highest BCUT2D eigenvalue weighted by Crippen LogP contribution is 2.23. The van der Waals surface area contributed by atoms with E-state index in [2.05, 4.69) is 10.3 Å². The number of nitrogens with zero attached hydrogens (tertiary/aromatic N) is 1. The van der Waals surface area contributed by atoms with Crippen molar-refractivity contribution in [3.05, 3.63) is 64.1 Å². The predicted molar refractivity (Wildman–Crippen MR) is 81.7 cm³/mol. The van der Waals surface area contributed by atoms with Crippen LogP contribution in [0.2, 0.25) is 10.0 Å². The van der Waals surface area contributed by atoms with Gasteiger partial charge in [-0.1, -0.05) is 47.5 Å². The van der Waals surface area contributed by atoms with Crippen LogP contribution in [0.3, 0.4) is 0 Å². The minimum atomic E-state index is -0.502. The number of carbonyl (C=O) groups is 1. The molecule has 0 aliphatic carbocycles. The smallest absolute Gasteiger partial charge is 0.260 e. The third kappa shape index (κ3) is 3.50. The molecule has 0 bridgehead atoms. The summed E-state index contributed by atoms with van der Waals surface area (Å²) in [5, 5.41) is 2.95. The Morgan fingerprint density at radius 1 is 1.00 bits per heavy atom. The molecule has 0 unspecified atom stereocenters. The molecule has 2 aromatic rings. The zero-order valence-corrected chi connectivity index (χ0v) is 11.8. The van der Waals surface area contributed by atoms with Crippen LogP contribution in [-0.4, -0.2) is 11.9 Å². The van der Waals surface area contributed by atoms with E-state index in [1.807, 2.05) is 18.2 Å². The number of carbonyl (C=O) groups excluding carboxylic acids is 1. The molecule has 0 fully saturated rings. The van der Waals surface area contributed by atoms with Crippen molar-refractivity contribution in [1.82, 2.24) is 5.32 Å². The van der Waals surface area contributed by atoms with Crippen molar-refractivity contribution in [2.45, 2.75) is 0 Å². The maximum absolute atomic E-state index is 12.0. The van der Waals surface area contributed by atoms with Gasteiger partial charge in [0.1, 0.15) is 0 Å². The SMILES string of the molecule is NC(=Nc1ccccc1)NC(=O)c1c(Cl)cccc1Cl. The van der Waals surface area contributed by atoms with Gasteiger partial charge in [-0.3, -0.25) is 10.1 Å². The van der Waals surface area contributed by atoms with E-state index >= 15 is 0 Å². The second-order valence-electron chi connectivity index (χ2n) is 3.88. The molecule has 0 saturated heterocycles. The van der Waals surface area contributed by atoms with E-state index in [4.69, 9.17) is 28.9 Å². The first-order chi connectivity index (χ1) is 9.58. The fraction of sp³-hybridized carbons (Fsp3) is 0. The Bertz CT molecular complexity index is 636. The Morgan fingerprint density at radius 3 is 2.20 bits per heavy atom. The molecule has 2 rings (SSSR count). The van der Waals surface area contributed by atoms with Gasteiger partial charge in [0.15, 0.2) is 0 Å². The van der Waals surface area contributed by atoms with E-state index < -0.39 is 5.91 Å². The van der Waals surface area contributed by atoms with Crippen molar-refractivity contribution < 1.29 is 4.79 Å². The maximum Gasteiger partial charge on any atom is 0.260 e. The lowest BCUT2D eigenvalue weighted by atomic mass is 10.2. The Morgan fingerprint density at radius 2 is 1.60 bits per heavy atom. The minimum Gasteiger partial charge on any atom is -0.369 e. The number of rotatable bonds is 2. The van der Waals surface area contributed by atoms with Gasteiger partial charge in [-0.25, -0.2) is 4.99 Å². The highest BCUT2D eigenvalue weighted by atomic mass is 35.5. The first-order valence-corrected chi connectivity index (χ1v) is 6.48. The third-order valence-corrected chi connectivity index (χ3v) is 3.07. The van der Waals surface area contributed by atoms with Crippen molar-refractivity contribution >= 4 is 40.8 Å². The van der Waals surface area contributed by atoms with Gasteiger partial charge in [-0.05, 0) is 24.3 Å². The summed E-state index contributed by atoms with van der Waals surface area (Å²) < 4.78 is 0. The molecule has 102 valence electrons. The molecule has 0 aromatic heterocycles. The summed E-state index contributed by atoms with van der Waals surface area (Å²) in [7, 11) is 0. The predicted octanol–water partition coefficient (Wildman–Crippen LogP) is 3.37. The number of guanidine groups is 1. The van der Waals surface area contributed by atoms with Crippen LogP contribution in [0.25, 0.3) is 0 Å². The quantitative estimate of drug-likeness (QED) is 0.660. The van der Waals surface area contributed by atoms with E-state index in [9.17, 15) is 4.79 Å². The Labute approximate surface area is 126 Å². The van der Waals surface area contributed by atoms with Crippen molar-refractivity contribution in [2.24, 2.45) is 10.7 Å². The molecule has 0 saturated carbocycles. The normalized spacial score (nSPS) is 11.2. The Hall–Kier alpha value is -2.04. The lowest BCUT2D eigenvalue weighted by Crippen LogP contribution is -2.36. The molecule has 0 spiro atoms. The first-order valence-electron chi connectivity index (χ1n) is 5.72. The van der Waals surface area contributed by atoms with Crippen LogP contribution in [0.1, 0.15) is 10.4 Å². The zero-order valence-electron chi connectivity index (χ0n) is 10.3. The molecule has 2 aromatic carbocycles. The summed E-state index contributed by atoms with van der Waals surface area (Å²) in [6.07, 6.45) is 0. The summed E-state index contributed by atoms with van der Waals surface area (Å²) in [5.41, 5.74) is 6.48. The van der Waals surface area contributed by atoms with Crippen LogP contribution in [0.15, 0.2) is 53.5 Å². The Kier molecular flexibility index (Phi) is 4.61. The van der Waals surface area contributed by atoms with E-state index in [1.54, 1.807) is 30.3 Å². The lowest BCUT2D eigenvalue weighted by Gasteiger charge is -2.07. The van der Waals surface area contributed by atoms with Gasteiger partial charge in [-0.2, -0.15) is 0 Å². The monoisotopic (exact) mass is 307 g/mol. The summed E-state index contributed by atoms with van der Waals surface area (Å²) in [5.74, 6) is -0.532. The van der Waals surface area contributed by atoms with Gasteiger partial charge in [0.25, 0.3) is 5.91 Å². The molecule has 6 heteroatoms. The van der Waals surface area contributed by atoms with Crippen LogP contribution in [-0.2, 0) is 0 Å². The van der Waals surface area contributed by atoms with Crippen LogP contribution >= 0.6 is 23.2 Å². The van der Waals surface area contributed by atoms with Gasteiger partial charge < -0.3 is 5.73 Å². The van der Waals surface area contributed by atoms with Crippen molar-refractivity contribution in [2.75, 3.05) is 0 Å². The molecule has 1 amide bonds.